The Kier molecular flexibility index (Phi) is 28.3. The number of amides is 2. The van der Waals surface area contributed by atoms with Gasteiger partial charge in [0.1, 0.15) is 11.8 Å². The summed E-state index contributed by atoms with van der Waals surface area (Å²) in [5.74, 6) is -1.37. The number of rotatable bonds is 11. The van der Waals surface area contributed by atoms with Crippen LogP contribution in [0.2, 0.25) is 0 Å². The number of aromatic hydroxyl groups is 1. The SMILES string of the molecule is CN[C@]1(C)CSCCCCCCCSC[C@@](C)(C(C)=O)NN[C@@H](CC(C)C)C(=O)N[C@@H](CCC(N)=O)C(=O)CN[C@@H](C)C(=O)CC(=O)[C@H](Cc2c[nH]c3ccccc23)NN[C@@H](Cc2ccc(O)cc2)C(=O)CN[C@@H](C)C(=O)CC1=O. The van der Waals surface area contributed by atoms with Gasteiger partial charge < -0.3 is 37.1 Å². The molecule has 8 atom stereocenters. The number of phenols is 1. The number of carbonyl (C=O) groups is 9. The Morgan fingerprint density at radius 2 is 1.30 bits per heavy atom. The van der Waals surface area contributed by atoms with Crippen molar-refractivity contribution >= 4 is 86.7 Å². The number of fused-ring (bicyclic) bond motifs is 1. The van der Waals surface area contributed by atoms with E-state index in [4.69, 9.17) is 5.73 Å². The first-order valence-corrected chi connectivity index (χ1v) is 30.2. The number of Topliss-reactive ketones (excluding diaryl/α,β-unsaturated/α-hetero) is 7. The molecule has 0 spiro atoms. The van der Waals surface area contributed by atoms with Gasteiger partial charge in [-0.3, -0.25) is 43.2 Å². The fourth-order valence-corrected chi connectivity index (χ4v) is 11.3. The predicted octanol–water partition coefficient (Wildman–Crippen LogP) is 3.66. The number of para-hydroxylation sites is 1. The fourth-order valence-electron chi connectivity index (χ4n) is 8.85. The zero-order valence-electron chi connectivity index (χ0n) is 48.0. The number of aromatic amines is 1. The molecule has 0 saturated carbocycles. The van der Waals surface area contributed by atoms with Crippen molar-refractivity contribution in [2.75, 3.05) is 43.1 Å². The van der Waals surface area contributed by atoms with Crippen LogP contribution in [0.4, 0.5) is 0 Å². The molecule has 3 aromatic rings. The van der Waals surface area contributed by atoms with Crippen LogP contribution in [-0.2, 0) is 56.0 Å². The van der Waals surface area contributed by atoms with Crippen LogP contribution in [0.1, 0.15) is 124 Å². The predicted molar refractivity (Wildman–Crippen MR) is 316 cm³/mol. The van der Waals surface area contributed by atoms with E-state index < -0.39 is 89.5 Å². The maximum Gasteiger partial charge on any atom is 0.239 e. The minimum atomic E-state index is -1.18. The van der Waals surface area contributed by atoms with Crippen LogP contribution in [-0.4, -0.2) is 153 Å². The van der Waals surface area contributed by atoms with E-state index in [1.54, 1.807) is 69.7 Å². The maximum absolute atomic E-state index is 14.4. The highest BCUT2D eigenvalue weighted by Crippen LogP contribution is 2.23. The molecule has 2 aromatic carbocycles. The molecule has 0 unspecified atom stereocenters. The number of carbonyl (C=O) groups excluding carboxylic acids is 9. The van der Waals surface area contributed by atoms with Gasteiger partial charge in [0.15, 0.2) is 40.5 Å². The molecule has 2 amide bonds. The first kappa shape index (κ1) is 67.3. The zero-order chi connectivity index (χ0) is 59.0. The number of benzene rings is 2. The fraction of sp³-hybridized carbons (Fsp3) is 0.603. The van der Waals surface area contributed by atoms with Gasteiger partial charge in [-0.1, -0.05) is 63.4 Å². The van der Waals surface area contributed by atoms with E-state index in [-0.39, 0.29) is 73.4 Å². The summed E-state index contributed by atoms with van der Waals surface area (Å²) in [7, 11) is 1.70. The smallest absolute Gasteiger partial charge is 0.239 e. The molecule has 0 bridgehead atoms. The number of ketones is 7. The summed E-state index contributed by atoms with van der Waals surface area (Å²) >= 11 is 3.28. The van der Waals surface area contributed by atoms with Crippen LogP contribution in [0.5, 0.6) is 5.75 Å². The van der Waals surface area contributed by atoms with E-state index in [1.165, 1.54) is 26.0 Å². The van der Waals surface area contributed by atoms with Gasteiger partial charge in [-0.2, -0.15) is 23.5 Å². The topological polar surface area (TPSA) is 312 Å². The van der Waals surface area contributed by atoms with E-state index in [0.29, 0.717) is 23.5 Å². The molecule has 0 aliphatic carbocycles. The van der Waals surface area contributed by atoms with Crippen molar-refractivity contribution in [2.24, 2.45) is 11.7 Å². The number of primary amides is 1. The molecule has 1 saturated heterocycles. The lowest BCUT2D eigenvalue weighted by Crippen LogP contribution is -2.62. The highest BCUT2D eigenvalue weighted by Gasteiger charge is 2.36. The normalized spacial score (nSPS) is 26.9. The van der Waals surface area contributed by atoms with Gasteiger partial charge in [-0.05, 0) is 127 Å². The first-order chi connectivity index (χ1) is 37.9. The van der Waals surface area contributed by atoms with Crippen molar-refractivity contribution in [3.8, 4) is 5.75 Å². The third-order valence-corrected chi connectivity index (χ3v) is 17.4. The first-order valence-electron chi connectivity index (χ1n) is 27.9. The van der Waals surface area contributed by atoms with Gasteiger partial charge in [0.25, 0.3) is 0 Å². The molecule has 442 valence electrons. The van der Waals surface area contributed by atoms with Crippen molar-refractivity contribution in [1.29, 1.82) is 0 Å². The molecular formula is C58H88N10O10S2. The van der Waals surface area contributed by atoms with Gasteiger partial charge in [-0.15, -0.1) is 0 Å². The lowest BCUT2D eigenvalue weighted by atomic mass is 9.93. The van der Waals surface area contributed by atoms with E-state index in [2.05, 4.69) is 48.0 Å². The second-order valence-electron chi connectivity index (χ2n) is 22.0. The Balaban J connectivity index is 1.61. The minimum absolute atomic E-state index is 0.0190. The van der Waals surface area contributed by atoms with Crippen molar-refractivity contribution < 1.29 is 48.3 Å². The number of hydrazine groups is 2. The van der Waals surface area contributed by atoms with Crippen LogP contribution >= 0.6 is 23.5 Å². The molecule has 0 radical (unpaired) electrons. The van der Waals surface area contributed by atoms with Gasteiger partial charge >= 0.3 is 0 Å². The van der Waals surface area contributed by atoms with Crippen LogP contribution in [0, 0.1) is 5.92 Å². The molecule has 1 aromatic heterocycles. The molecular weight excluding hydrogens is 1060 g/mol. The number of hydrogen-bond acceptors (Lipinski definition) is 19. The average molecular weight is 1150 g/mol. The van der Waals surface area contributed by atoms with Crippen LogP contribution in [0.25, 0.3) is 10.9 Å². The molecule has 1 fully saturated rings. The number of H-pyrrole nitrogens is 1. The summed E-state index contributed by atoms with van der Waals surface area (Å²) in [6.45, 7) is 11.4. The number of nitrogens with one attached hydrogen (secondary N) is 9. The number of phenolic OH excluding ortho intramolecular Hbond substituents is 1. The zero-order valence-corrected chi connectivity index (χ0v) is 49.6. The van der Waals surface area contributed by atoms with E-state index in [1.807, 2.05) is 38.1 Å². The summed E-state index contributed by atoms with van der Waals surface area (Å²) < 4.78 is 0. The largest absolute Gasteiger partial charge is 0.508 e. The molecule has 2 heterocycles. The summed E-state index contributed by atoms with van der Waals surface area (Å²) in [5, 5.41) is 22.7. The standard InChI is InChI=1S/C58H88N10O10S2/c1-36(2)26-48-56(78)64-45(22-23-55(59)77)52(74)32-61-37(3)49(71)29-51(73)47(28-41-31-63-44-17-13-12-16-43(41)44)66-65-46(27-40-18-20-42(70)21-19-40)53(75)33-62-38(4)50(72)30-54(76)58(7,60-8)35-80-25-15-11-9-10-14-24-79-34-57(6,39(5)69)68-67-48/h12-13,16-21,31,36-38,45-48,60-63,65-68,70H,9-11,14-15,22-30,32-35H2,1-8H3,(H2,59,77)(H,64,78)/t37-,38-,45-,46-,47-,48-,57-,58+/m0/s1. The second-order valence-corrected chi connectivity index (χ2v) is 24.2. The molecule has 4 rings (SSSR count). The van der Waals surface area contributed by atoms with E-state index in [9.17, 15) is 48.3 Å². The number of hydrogen-bond donors (Lipinski definition) is 11. The Morgan fingerprint density at radius 3 is 1.90 bits per heavy atom. The monoisotopic (exact) mass is 1150 g/mol. The van der Waals surface area contributed by atoms with Gasteiger partial charge in [0.2, 0.25) is 11.8 Å². The quantitative estimate of drug-likeness (QED) is 0.122. The summed E-state index contributed by atoms with van der Waals surface area (Å²) in [6, 6.07) is 7.77. The molecule has 80 heavy (non-hydrogen) atoms. The maximum atomic E-state index is 14.4. The van der Waals surface area contributed by atoms with Crippen molar-refractivity contribution in [3.63, 3.8) is 0 Å². The number of thioether (sulfide) groups is 2. The van der Waals surface area contributed by atoms with Gasteiger partial charge in [0, 0.05) is 35.0 Å². The summed E-state index contributed by atoms with van der Waals surface area (Å²) in [4.78, 5) is 126. The van der Waals surface area contributed by atoms with Crippen LogP contribution < -0.4 is 48.7 Å². The minimum Gasteiger partial charge on any atom is -0.508 e. The molecule has 1 aliphatic rings. The van der Waals surface area contributed by atoms with Crippen LogP contribution in [0.3, 0.4) is 0 Å². The number of nitrogens with two attached hydrogens (primary N) is 1. The molecule has 22 heteroatoms. The van der Waals surface area contributed by atoms with Crippen LogP contribution in [0.15, 0.2) is 54.7 Å². The molecule has 12 N–H and O–H groups in total. The third-order valence-electron chi connectivity index (χ3n) is 14.7. The lowest BCUT2D eigenvalue weighted by Gasteiger charge is -2.32. The Labute approximate surface area is 480 Å². The van der Waals surface area contributed by atoms with Crippen molar-refractivity contribution in [2.45, 2.75) is 173 Å². The average Bonchev–Trinajstić information content (AvgIpc) is 3.83. The molecule has 20 nitrogen and oxygen atoms in total. The highest BCUT2D eigenvalue weighted by molar-refractivity contribution is 7.99. The van der Waals surface area contributed by atoms with E-state index >= 15 is 0 Å². The Morgan fingerprint density at radius 1 is 0.725 bits per heavy atom. The Bertz CT molecular complexity index is 2560. The van der Waals surface area contributed by atoms with Gasteiger partial charge in [-0.25, -0.2) is 21.7 Å². The summed E-state index contributed by atoms with van der Waals surface area (Å²) in [5.41, 5.74) is 18.1. The molecule has 1 aliphatic heterocycles. The van der Waals surface area contributed by atoms with Crippen molar-refractivity contribution in [1.82, 2.24) is 48.0 Å². The second kappa shape index (κ2) is 33.7. The highest BCUT2D eigenvalue weighted by atomic mass is 32.2. The number of likely N-dealkylation sites (N-methyl/N-ethyl adjacent to an activating group) is 1. The van der Waals surface area contributed by atoms with Gasteiger partial charge in [0.05, 0.1) is 67.2 Å². The van der Waals surface area contributed by atoms with E-state index in [0.717, 1.165) is 60.1 Å². The van der Waals surface area contributed by atoms with Crippen molar-refractivity contribution in [3.05, 3.63) is 65.9 Å². The summed E-state index contributed by atoms with van der Waals surface area (Å²) in [6.07, 6.45) is 5.96. The lowest BCUT2D eigenvalue weighted by molar-refractivity contribution is -0.132. The number of aromatic nitrogens is 1. The third kappa shape index (κ3) is 22.3. The Hall–Kier alpha value is -5.17.